The molecule has 1 atom stereocenters. The van der Waals surface area contributed by atoms with Gasteiger partial charge in [-0.05, 0) is 37.8 Å². The maximum absolute atomic E-state index is 12.2. The van der Waals surface area contributed by atoms with Gasteiger partial charge in [-0.1, -0.05) is 11.6 Å². The number of aromatic nitrogens is 2. The first-order chi connectivity index (χ1) is 11.2. The first kappa shape index (κ1) is 14.9. The van der Waals surface area contributed by atoms with Crippen LogP contribution in [0.5, 0.6) is 0 Å². The van der Waals surface area contributed by atoms with E-state index in [2.05, 4.69) is 20.2 Å². The van der Waals surface area contributed by atoms with Crippen molar-refractivity contribution in [2.24, 2.45) is 0 Å². The van der Waals surface area contributed by atoms with E-state index in [1.165, 1.54) is 22.6 Å². The molecule has 7 heteroatoms. The van der Waals surface area contributed by atoms with E-state index in [9.17, 15) is 4.79 Å². The van der Waals surface area contributed by atoms with Gasteiger partial charge in [-0.25, -0.2) is 9.97 Å². The van der Waals surface area contributed by atoms with Gasteiger partial charge in [-0.15, -0.1) is 11.3 Å². The van der Waals surface area contributed by atoms with Gasteiger partial charge in [0.15, 0.2) is 0 Å². The summed E-state index contributed by atoms with van der Waals surface area (Å²) in [7, 11) is 0. The molecule has 1 aliphatic carbocycles. The zero-order valence-electron chi connectivity index (χ0n) is 12.6. The predicted octanol–water partition coefficient (Wildman–Crippen LogP) is 2.69. The molecule has 0 unspecified atom stereocenters. The highest BCUT2D eigenvalue weighted by Crippen LogP contribution is 2.30. The number of hydrogen-bond acceptors (Lipinski definition) is 5. The first-order valence-electron chi connectivity index (χ1n) is 7.84. The van der Waals surface area contributed by atoms with E-state index < -0.39 is 0 Å². The van der Waals surface area contributed by atoms with Crippen LogP contribution >= 0.6 is 22.9 Å². The van der Waals surface area contributed by atoms with E-state index in [0.717, 1.165) is 44.6 Å². The van der Waals surface area contributed by atoms with Gasteiger partial charge in [-0.2, -0.15) is 0 Å². The molecule has 1 fully saturated rings. The lowest BCUT2D eigenvalue weighted by atomic mass is 10.2. The number of aryl methyl sites for hydroxylation is 1. The fraction of sp³-hybridized carbons (Fsp3) is 0.438. The molecule has 1 amide bonds. The molecule has 1 N–H and O–H groups in total. The Morgan fingerprint density at radius 1 is 1.35 bits per heavy atom. The van der Waals surface area contributed by atoms with E-state index in [-0.39, 0.29) is 11.9 Å². The maximum Gasteiger partial charge on any atom is 0.261 e. The summed E-state index contributed by atoms with van der Waals surface area (Å²) in [6.45, 7) is 1.72. The van der Waals surface area contributed by atoms with Crippen LogP contribution in [0.15, 0.2) is 18.5 Å². The Labute approximate surface area is 143 Å². The number of rotatable bonds is 3. The molecule has 3 heterocycles. The van der Waals surface area contributed by atoms with Crippen LogP contribution in [0.25, 0.3) is 0 Å². The highest BCUT2D eigenvalue weighted by atomic mass is 35.5. The Hall–Kier alpha value is -1.66. The summed E-state index contributed by atoms with van der Waals surface area (Å²) in [6.07, 6.45) is 5.88. The summed E-state index contributed by atoms with van der Waals surface area (Å²) in [6, 6.07) is 3.67. The van der Waals surface area contributed by atoms with Gasteiger partial charge < -0.3 is 10.2 Å². The van der Waals surface area contributed by atoms with E-state index in [1.54, 1.807) is 18.5 Å². The van der Waals surface area contributed by atoms with Crippen LogP contribution in [-0.2, 0) is 12.8 Å². The minimum atomic E-state index is -0.0401. The first-order valence-corrected chi connectivity index (χ1v) is 9.04. The lowest BCUT2D eigenvalue weighted by Crippen LogP contribution is -2.37. The molecule has 0 saturated carbocycles. The fourth-order valence-corrected chi connectivity index (χ4v) is 4.32. The van der Waals surface area contributed by atoms with Crippen LogP contribution in [0.1, 0.15) is 33.8 Å². The molecule has 120 valence electrons. The summed E-state index contributed by atoms with van der Waals surface area (Å²) >= 11 is 7.21. The number of carbonyl (C=O) groups excluding carboxylic acids is 1. The molecule has 2 aromatic rings. The van der Waals surface area contributed by atoms with Gasteiger partial charge in [0.05, 0.1) is 9.21 Å². The summed E-state index contributed by atoms with van der Waals surface area (Å²) in [4.78, 5) is 24.1. The van der Waals surface area contributed by atoms with Crippen LogP contribution in [0.3, 0.4) is 0 Å². The molecular weight excluding hydrogens is 332 g/mol. The Balaban J connectivity index is 1.44. The Morgan fingerprint density at radius 3 is 3.09 bits per heavy atom. The zero-order chi connectivity index (χ0) is 15.8. The lowest BCUT2D eigenvalue weighted by Gasteiger charge is -2.20. The molecule has 0 spiro atoms. The number of amides is 1. The van der Waals surface area contributed by atoms with Gasteiger partial charge in [0.25, 0.3) is 5.91 Å². The molecule has 0 aromatic carbocycles. The molecule has 4 rings (SSSR count). The monoisotopic (exact) mass is 348 g/mol. The second kappa shape index (κ2) is 6.09. The molecule has 2 aliphatic rings. The molecule has 23 heavy (non-hydrogen) atoms. The SMILES string of the molecule is O=C(N[C@H]1CCN(c2ncnc3c2CCC3)C1)c1ccc(Cl)s1. The molecule has 0 radical (unpaired) electrons. The fourth-order valence-electron chi connectivity index (χ4n) is 3.38. The van der Waals surface area contributed by atoms with Crippen molar-refractivity contribution in [1.29, 1.82) is 0 Å². The van der Waals surface area contributed by atoms with Crippen molar-refractivity contribution in [2.45, 2.75) is 31.7 Å². The van der Waals surface area contributed by atoms with Gasteiger partial charge in [0, 0.05) is 30.4 Å². The summed E-state index contributed by atoms with van der Waals surface area (Å²) in [5, 5.41) is 3.10. The third-order valence-electron chi connectivity index (χ3n) is 4.47. The number of halogens is 1. The minimum absolute atomic E-state index is 0.0401. The third kappa shape index (κ3) is 2.93. The van der Waals surface area contributed by atoms with Crippen LogP contribution in [0.2, 0.25) is 4.34 Å². The largest absolute Gasteiger partial charge is 0.354 e. The van der Waals surface area contributed by atoms with E-state index in [1.807, 2.05) is 0 Å². The van der Waals surface area contributed by atoms with Crippen molar-refractivity contribution in [1.82, 2.24) is 15.3 Å². The zero-order valence-corrected chi connectivity index (χ0v) is 14.2. The summed E-state index contributed by atoms with van der Waals surface area (Å²) in [5.74, 6) is 1.02. The average molecular weight is 349 g/mol. The summed E-state index contributed by atoms with van der Waals surface area (Å²) in [5.41, 5.74) is 2.49. The smallest absolute Gasteiger partial charge is 0.261 e. The third-order valence-corrected chi connectivity index (χ3v) is 5.70. The van der Waals surface area contributed by atoms with Crippen LogP contribution in [-0.4, -0.2) is 35.0 Å². The molecule has 2 aromatic heterocycles. The van der Waals surface area contributed by atoms with Crippen molar-refractivity contribution in [3.8, 4) is 0 Å². The standard InChI is InChI=1S/C16H17ClN4OS/c17-14-5-4-13(23-14)16(22)20-10-6-7-21(8-10)15-11-2-1-3-12(11)18-9-19-15/h4-5,9-10H,1-3,6-8H2,(H,20,22)/t10-/m0/s1. The highest BCUT2D eigenvalue weighted by Gasteiger charge is 2.29. The second-order valence-corrected chi connectivity index (χ2v) is 7.70. The molecule has 1 saturated heterocycles. The van der Waals surface area contributed by atoms with Gasteiger partial charge >= 0.3 is 0 Å². The highest BCUT2D eigenvalue weighted by molar-refractivity contribution is 7.18. The lowest BCUT2D eigenvalue weighted by molar-refractivity contribution is 0.0944. The van der Waals surface area contributed by atoms with Crippen molar-refractivity contribution < 1.29 is 4.79 Å². The number of fused-ring (bicyclic) bond motifs is 1. The normalized spacial score (nSPS) is 19.9. The number of carbonyl (C=O) groups is 1. The number of anilines is 1. The molecular formula is C16H17ClN4OS. The quantitative estimate of drug-likeness (QED) is 0.926. The molecule has 0 bridgehead atoms. The van der Waals surface area contributed by atoms with E-state index in [0.29, 0.717) is 9.21 Å². The van der Waals surface area contributed by atoms with Crippen molar-refractivity contribution in [3.05, 3.63) is 38.9 Å². The summed E-state index contributed by atoms with van der Waals surface area (Å²) < 4.78 is 0.639. The van der Waals surface area contributed by atoms with Crippen LogP contribution < -0.4 is 10.2 Å². The van der Waals surface area contributed by atoms with Gasteiger partial charge in [0.2, 0.25) is 0 Å². The number of nitrogens with one attached hydrogen (secondary N) is 1. The van der Waals surface area contributed by atoms with Crippen molar-refractivity contribution in [3.63, 3.8) is 0 Å². The number of nitrogens with zero attached hydrogens (tertiary/aromatic N) is 3. The average Bonchev–Trinajstić information content (AvgIpc) is 3.26. The van der Waals surface area contributed by atoms with E-state index >= 15 is 0 Å². The van der Waals surface area contributed by atoms with Gasteiger partial charge in [0.1, 0.15) is 12.1 Å². The molecule has 5 nitrogen and oxygen atoms in total. The predicted molar refractivity (Wildman–Crippen MR) is 91.5 cm³/mol. The Bertz CT molecular complexity index is 747. The topological polar surface area (TPSA) is 58.1 Å². The minimum Gasteiger partial charge on any atom is -0.354 e. The number of hydrogen-bond donors (Lipinski definition) is 1. The van der Waals surface area contributed by atoms with Crippen molar-refractivity contribution in [2.75, 3.05) is 18.0 Å². The molecule has 1 aliphatic heterocycles. The van der Waals surface area contributed by atoms with Crippen LogP contribution in [0.4, 0.5) is 5.82 Å². The van der Waals surface area contributed by atoms with Crippen molar-refractivity contribution >= 4 is 34.7 Å². The Kier molecular flexibility index (Phi) is 3.95. The van der Waals surface area contributed by atoms with Crippen LogP contribution in [0, 0.1) is 0 Å². The van der Waals surface area contributed by atoms with E-state index in [4.69, 9.17) is 11.6 Å². The Morgan fingerprint density at radius 2 is 2.26 bits per heavy atom. The number of thiophene rings is 1. The second-order valence-electron chi connectivity index (χ2n) is 5.98. The maximum atomic E-state index is 12.2. The van der Waals surface area contributed by atoms with Gasteiger partial charge in [-0.3, -0.25) is 4.79 Å².